The normalized spacial score (nSPS) is 11.6. The summed E-state index contributed by atoms with van der Waals surface area (Å²) in [6.45, 7) is -0.0549. The lowest BCUT2D eigenvalue weighted by atomic mass is 10.2. The minimum absolute atomic E-state index is 0.0788. The van der Waals surface area contributed by atoms with Crippen molar-refractivity contribution in [3.8, 4) is 0 Å². The maximum atomic E-state index is 13.1. The fraction of sp³-hybridized carbons (Fsp3) is 0.143. The van der Waals surface area contributed by atoms with E-state index in [1.165, 1.54) is 12.1 Å². The summed E-state index contributed by atoms with van der Waals surface area (Å²) in [5, 5.41) is 0. The summed E-state index contributed by atoms with van der Waals surface area (Å²) in [5.41, 5.74) is 6.31. The molecule has 0 amide bonds. The lowest BCUT2D eigenvalue weighted by molar-refractivity contribution is 0.506. The van der Waals surface area contributed by atoms with E-state index in [1.54, 1.807) is 18.2 Å². The van der Waals surface area contributed by atoms with Crippen LogP contribution in [0.3, 0.4) is 0 Å². The highest BCUT2D eigenvalue weighted by Gasteiger charge is 2.17. The van der Waals surface area contributed by atoms with Crippen LogP contribution in [-0.4, -0.2) is 8.42 Å². The number of benzene rings is 2. The van der Waals surface area contributed by atoms with E-state index in [-0.39, 0.29) is 18.0 Å². The number of hydrogen-bond donors (Lipinski definition) is 2. The zero-order valence-corrected chi connectivity index (χ0v) is 11.8. The average Bonchev–Trinajstić information content (AvgIpc) is 2.48. The first-order valence-corrected chi connectivity index (χ1v) is 7.64. The van der Waals surface area contributed by atoms with Crippen LogP contribution in [0, 0.1) is 11.6 Å². The quantitative estimate of drug-likeness (QED) is 0.886. The van der Waals surface area contributed by atoms with E-state index in [4.69, 9.17) is 5.73 Å². The van der Waals surface area contributed by atoms with Gasteiger partial charge in [-0.25, -0.2) is 21.9 Å². The second kappa shape index (κ2) is 6.30. The highest BCUT2D eigenvalue weighted by molar-refractivity contribution is 7.89. The van der Waals surface area contributed by atoms with Crippen molar-refractivity contribution in [1.29, 1.82) is 0 Å². The predicted molar refractivity (Wildman–Crippen MR) is 74.7 cm³/mol. The molecule has 0 aliphatic rings. The molecule has 0 fully saturated rings. The van der Waals surface area contributed by atoms with Gasteiger partial charge in [-0.3, -0.25) is 0 Å². The SMILES string of the molecule is NCc1ccccc1S(=O)(=O)NCc1ccc(F)c(F)c1. The third-order valence-electron chi connectivity index (χ3n) is 2.93. The summed E-state index contributed by atoms with van der Waals surface area (Å²) in [7, 11) is -3.77. The van der Waals surface area contributed by atoms with Crippen molar-refractivity contribution in [3.05, 3.63) is 65.2 Å². The van der Waals surface area contributed by atoms with Gasteiger partial charge in [-0.2, -0.15) is 0 Å². The van der Waals surface area contributed by atoms with Crippen molar-refractivity contribution in [2.75, 3.05) is 0 Å². The molecule has 0 bridgehead atoms. The molecule has 0 heterocycles. The van der Waals surface area contributed by atoms with E-state index in [0.29, 0.717) is 11.1 Å². The van der Waals surface area contributed by atoms with Crippen LogP contribution in [0.2, 0.25) is 0 Å². The van der Waals surface area contributed by atoms with Crippen LogP contribution >= 0.6 is 0 Å². The monoisotopic (exact) mass is 312 g/mol. The zero-order valence-electron chi connectivity index (χ0n) is 11.0. The maximum absolute atomic E-state index is 13.1. The zero-order chi connectivity index (χ0) is 15.5. The van der Waals surface area contributed by atoms with Crippen molar-refractivity contribution in [3.63, 3.8) is 0 Å². The van der Waals surface area contributed by atoms with Gasteiger partial charge < -0.3 is 5.73 Å². The van der Waals surface area contributed by atoms with E-state index in [1.807, 2.05) is 0 Å². The average molecular weight is 312 g/mol. The first-order valence-electron chi connectivity index (χ1n) is 6.15. The van der Waals surface area contributed by atoms with Crippen LogP contribution in [0.5, 0.6) is 0 Å². The van der Waals surface area contributed by atoms with Crippen LogP contribution < -0.4 is 10.5 Å². The first kappa shape index (κ1) is 15.6. The Bertz CT molecular complexity index is 748. The number of halogens is 2. The van der Waals surface area contributed by atoms with E-state index in [2.05, 4.69) is 4.72 Å². The largest absolute Gasteiger partial charge is 0.326 e. The molecule has 0 unspecified atom stereocenters. The van der Waals surface area contributed by atoms with Gasteiger partial charge in [-0.15, -0.1) is 0 Å². The van der Waals surface area contributed by atoms with Crippen LogP contribution in [0.25, 0.3) is 0 Å². The minimum Gasteiger partial charge on any atom is -0.326 e. The molecule has 0 spiro atoms. The molecule has 2 aromatic carbocycles. The first-order chi connectivity index (χ1) is 9.94. The minimum atomic E-state index is -3.77. The Morgan fingerprint density at radius 1 is 1.05 bits per heavy atom. The highest BCUT2D eigenvalue weighted by Crippen LogP contribution is 2.15. The van der Waals surface area contributed by atoms with Gasteiger partial charge in [0.1, 0.15) is 0 Å². The van der Waals surface area contributed by atoms with Crippen LogP contribution in [-0.2, 0) is 23.1 Å². The van der Waals surface area contributed by atoms with Crippen LogP contribution in [0.1, 0.15) is 11.1 Å². The lowest BCUT2D eigenvalue weighted by Crippen LogP contribution is -2.25. The molecule has 2 aromatic rings. The van der Waals surface area contributed by atoms with Gasteiger partial charge in [0.15, 0.2) is 11.6 Å². The van der Waals surface area contributed by atoms with E-state index in [9.17, 15) is 17.2 Å². The molecule has 0 aromatic heterocycles. The van der Waals surface area contributed by atoms with Gasteiger partial charge in [0.2, 0.25) is 10.0 Å². The molecular formula is C14H14F2N2O2S. The Morgan fingerprint density at radius 2 is 1.76 bits per heavy atom. The molecule has 0 aliphatic carbocycles. The van der Waals surface area contributed by atoms with Crippen molar-refractivity contribution >= 4 is 10.0 Å². The second-order valence-electron chi connectivity index (χ2n) is 4.38. The molecule has 0 saturated carbocycles. The van der Waals surface area contributed by atoms with E-state index >= 15 is 0 Å². The predicted octanol–water partition coefficient (Wildman–Crippen LogP) is 1.90. The van der Waals surface area contributed by atoms with Gasteiger partial charge in [-0.1, -0.05) is 24.3 Å². The Morgan fingerprint density at radius 3 is 2.43 bits per heavy atom. The Hall–Kier alpha value is -1.83. The summed E-state index contributed by atoms with van der Waals surface area (Å²) < 4.78 is 52.6. The van der Waals surface area contributed by atoms with Crippen LogP contribution in [0.15, 0.2) is 47.4 Å². The van der Waals surface area contributed by atoms with Crippen molar-refractivity contribution in [2.24, 2.45) is 5.73 Å². The molecule has 4 nitrogen and oxygen atoms in total. The van der Waals surface area contributed by atoms with E-state index in [0.717, 1.165) is 12.1 Å². The molecule has 0 radical (unpaired) electrons. The summed E-state index contributed by atoms with van der Waals surface area (Å²) in [6, 6.07) is 9.55. The standard InChI is InChI=1S/C14H14F2N2O2S/c15-12-6-5-10(7-13(12)16)9-18-21(19,20)14-4-2-1-3-11(14)8-17/h1-7,18H,8-9,17H2. The molecule has 112 valence electrons. The molecule has 3 N–H and O–H groups in total. The highest BCUT2D eigenvalue weighted by atomic mass is 32.2. The number of nitrogens with one attached hydrogen (secondary N) is 1. The van der Waals surface area contributed by atoms with Crippen molar-refractivity contribution in [2.45, 2.75) is 18.0 Å². The topological polar surface area (TPSA) is 72.2 Å². The molecule has 21 heavy (non-hydrogen) atoms. The summed E-state index contributed by atoms with van der Waals surface area (Å²) in [4.78, 5) is 0.0788. The second-order valence-corrected chi connectivity index (χ2v) is 6.12. The van der Waals surface area contributed by atoms with Gasteiger partial charge in [-0.05, 0) is 29.3 Å². The smallest absolute Gasteiger partial charge is 0.241 e. The Kier molecular flexibility index (Phi) is 4.66. The van der Waals surface area contributed by atoms with Crippen LogP contribution in [0.4, 0.5) is 8.78 Å². The molecular weight excluding hydrogens is 298 g/mol. The third-order valence-corrected chi connectivity index (χ3v) is 4.43. The third kappa shape index (κ3) is 3.63. The molecule has 0 saturated heterocycles. The van der Waals surface area contributed by atoms with Crippen molar-refractivity contribution < 1.29 is 17.2 Å². The summed E-state index contributed by atoms with van der Waals surface area (Å²) in [6.07, 6.45) is 0. The van der Waals surface area contributed by atoms with Gasteiger partial charge in [0, 0.05) is 13.1 Å². The van der Waals surface area contributed by atoms with Crippen molar-refractivity contribution in [1.82, 2.24) is 4.72 Å². The molecule has 0 aliphatic heterocycles. The molecule has 0 atom stereocenters. The summed E-state index contributed by atoms with van der Waals surface area (Å²) in [5.74, 6) is -2.00. The Labute approximate surface area is 121 Å². The number of rotatable bonds is 5. The fourth-order valence-electron chi connectivity index (χ4n) is 1.84. The number of hydrogen-bond acceptors (Lipinski definition) is 3. The van der Waals surface area contributed by atoms with E-state index < -0.39 is 21.7 Å². The molecule has 2 rings (SSSR count). The summed E-state index contributed by atoms with van der Waals surface area (Å²) >= 11 is 0. The van der Waals surface area contributed by atoms with Gasteiger partial charge >= 0.3 is 0 Å². The van der Waals surface area contributed by atoms with Gasteiger partial charge in [0.25, 0.3) is 0 Å². The van der Waals surface area contributed by atoms with Gasteiger partial charge in [0.05, 0.1) is 4.90 Å². The Balaban J connectivity index is 2.20. The number of nitrogens with two attached hydrogens (primary N) is 1. The number of sulfonamides is 1. The lowest BCUT2D eigenvalue weighted by Gasteiger charge is -2.10. The molecule has 7 heteroatoms. The maximum Gasteiger partial charge on any atom is 0.241 e. The fourth-order valence-corrected chi connectivity index (χ4v) is 3.11.